The number of hydrogen-bond acceptors (Lipinski definition) is 3. The predicted molar refractivity (Wildman–Crippen MR) is 93.1 cm³/mol. The number of nitrogens with zero attached hydrogens (tertiary/aromatic N) is 1. The third kappa shape index (κ3) is 3.96. The van der Waals surface area contributed by atoms with Gasteiger partial charge in [0.25, 0.3) is 5.91 Å². The number of hydrogen-bond donors (Lipinski definition) is 0. The SMILES string of the molecule is O=C(c1ccc(Cl)c(Cl)c1)N(Cc1ccoc1)Cc1cccs1. The minimum Gasteiger partial charge on any atom is -0.472 e. The Bertz CT molecular complexity index is 749. The highest BCUT2D eigenvalue weighted by molar-refractivity contribution is 7.09. The van der Waals surface area contributed by atoms with Crippen molar-refractivity contribution < 1.29 is 9.21 Å². The van der Waals surface area contributed by atoms with E-state index in [-0.39, 0.29) is 5.91 Å². The molecule has 0 fully saturated rings. The first-order valence-electron chi connectivity index (χ1n) is 6.91. The molecule has 2 aromatic heterocycles. The largest absolute Gasteiger partial charge is 0.472 e. The van der Waals surface area contributed by atoms with Crippen LogP contribution in [-0.2, 0) is 13.1 Å². The maximum absolute atomic E-state index is 12.9. The summed E-state index contributed by atoms with van der Waals surface area (Å²) in [7, 11) is 0. The molecule has 23 heavy (non-hydrogen) atoms. The van der Waals surface area contributed by atoms with Crippen molar-refractivity contribution in [1.29, 1.82) is 0 Å². The number of carbonyl (C=O) groups is 1. The molecule has 1 amide bonds. The van der Waals surface area contributed by atoms with Crippen molar-refractivity contribution in [3.05, 3.63) is 80.4 Å². The normalized spacial score (nSPS) is 10.7. The van der Waals surface area contributed by atoms with Crippen LogP contribution in [-0.4, -0.2) is 10.8 Å². The number of benzene rings is 1. The molecule has 0 N–H and O–H groups in total. The average molecular weight is 366 g/mol. The summed E-state index contributed by atoms with van der Waals surface area (Å²) in [4.78, 5) is 15.7. The topological polar surface area (TPSA) is 33.5 Å². The van der Waals surface area contributed by atoms with Crippen LogP contribution in [0.5, 0.6) is 0 Å². The Kier molecular flexibility index (Phi) is 5.06. The van der Waals surface area contributed by atoms with Crippen molar-refractivity contribution in [2.45, 2.75) is 13.1 Å². The van der Waals surface area contributed by atoms with Crippen molar-refractivity contribution in [2.24, 2.45) is 0 Å². The highest BCUT2D eigenvalue weighted by atomic mass is 35.5. The summed E-state index contributed by atoms with van der Waals surface area (Å²) in [6.45, 7) is 0.995. The van der Waals surface area contributed by atoms with E-state index in [2.05, 4.69) is 0 Å². The molecule has 0 unspecified atom stereocenters. The number of halogens is 2. The van der Waals surface area contributed by atoms with Crippen molar-refractivity contribution in [3.63, 3.8) is 0 Å². The van der Waals surface area contributed by atoms with Crippen LogP contribution in [0, 0.1) is 0 Å². The summed E-state index contributed by atoms with van der Waals surface area (Å²) < 4.78 is 5.10. The second kappa shape index (κ2) is 7.21. The zero-order valence-electron chi connectivity index (χ0n) is 12.0. The van der Waals surface area contributed by atoms with Gasteiger partial charge in [-0.05, 0) is 35.7 Å². The number of amides is 1. The van der Waals surface area contributed by atoms with Gasteiger partial charge in [0, 0.05) is 22.5 Å². The molecule has 0 radical (unpaired) electrons. The molecule has 3 rings (SSSR count). The van der Waals surface area contributed by atoms with E-state index >= 15 is 0 Å². The molecule has 0 spiro atoms. The maximum atomic E-state index is 12.9. The Hall–Kier alpha value is -1.75. The number of rotatable bonds is 5. The smallest absolute Gasteiger partial charge is 0.254 e. The van der Waals surface area contributed by atoms with Gasteiger partial charge in [-0.2, -0.15) is 0 Å². The lowest BCUT2D eigenvalue weighted by Crippen LogP contribution is -2.29. The molecule has 0 bridgehead atoms. The average Bonchev–Trinajstić information content (AvgIpc) is 3.22. The van der Waals surface area contributed by atoms with E-state index in [9.17, 15) is 4.79 Å². The molecule has 0 aliphatic carbocycles. The Balaban J connectivity index is 1.86. The van der Waals surface area contributed by atoms with Crippen LogP contribution < -0.4 is 0 Å². The van der Waals surface area contributed by atoms with Crippen molar-refractivity contribution in [2.75, 3.05) is 0 Å². The minimum absolute atomic E-state index is 0.0989. The summed E-state index contributed by atoms with van der Waals surface area (Å²) in [5, 5.41) is 2.80. The summed E-state index contributed by atoms with van der Waals surface area (Å²) in [6, 6.07) is 10.8. The lowest BCUT2D eigenvalue weighted by molar-refractivity contribution is 0.0731. The quantitative estimate of drug-likeness (QED) is 0.598. The number of carbonyl (C=O) groups excluding carboxylic acids is 1. The van der Waals surface area contributed by atoms with Gasteiger partial charge in [-0.15, -0.1) is 11.3 Å². The monoisotopic (exact) mass is 365 g/mol. The molecule has 2 heterocycles. The van der Waals surface area contributed by atoms with E-state index in [0.29, 0.717) is 28.7 Å². The van der Waals surface area contributed by atoms with Gasteiger partial charge >= 0.3 is 0 Å². The number of furan rings is 1. The fourth-order valence-electron chi connectivity index (χ4n) is 2.20. The molecule has 118 valence electrons. The second-order valence-corrected chi connectivity index (χ2v) is 6.85. The Labute approximate surface area is 148 Å². The molecule has 3 aromatic rings. The summed E-state index contributed by atoms with van der Waals surface area (Å²) >= 11 is 13.6. The number of thiophene rings is 1. The molecule has 3 nitrogen and oxygen atoms in total. The second-order valence-electron chi connectivity index (χ2n) is 5.00. The highest BCUT2D eigenvalue weighted by Crippen LogP contribution is 2.24. The first-order chi connectivity index (χ1) is 11.1. The molecule has 6 heteroatoms. The van der Waals surface area contributed by atoms with Crippen molar-refractivity contribution in [1.82, 2.24) is 4.90 Å². The Morgan fingerprint density at radius 1 is 1.13 bits per heavy atom. The molecule has 0 saturated heterocycles. The van der Waals surface area contributed by atoms with Gasteiger partial charge in [-0.25, -0.2) is 0 Å². The van der Waals surface area contributed by atoms with E-state index in [1.807, 2.05) is 23.6 Å². The van der Waals surface area contributed by atoms with Crippen LogP contribution in [0.2, 0.25) is 10.0 Å². The summed E-state index contributed by atoms with van der Waals surface area (Å²) in [6.07, 6.45) is 3.24. The van der Waals surface area contributed by atoms with Crippen LogP contribution in [0.1, 0.15) is 20.8 Å². The lowest BCUT2D eigenvalue weighted by Gasteiger charge is -2.22. The predicted octanol–water partition coefficient (Wildman–Crippen LogP) is 5.49. The molecule has 0 aliphatic heterocycles. The fourth-order valence-corrected chi connectivity index (χ4v) is 3.22. The zero-order valence-corrected chi connectivity index (χ0v) is 14.4. The van der Waals surface area contributed by atoms with E-state index in [1.165, 1.54) is 0 Å². The van der Waals surface area contributed by atoms with Crippen LogP contribution >= 0.6 is 34.5 Å². The minimum atomic E-state index is -0.0989. The molecular formula is C17H13Cl2NO2S. The van der Waals surface area contributed by atoms with Crippen LogP contribution in [0.4, 0.5) is 0 Å². The maximum Gasteiger partial charge on any atom is 0.254 e. The summed E-state index contributed by atoms with van der Waals surface area (Å²) in [5.41, 5.74) is 1.45. The van der Waals surface area contributed by atoms with Crippen LogP contribution in [0.3, 0.4) is 0 Å². The standard InChI is InChI=1S/C17H13Cl2NO2S/c18-15-4-3-13(8-16(15)19)17(21)20(9-12-5-6-22-11-12)10-14-2-1-7-23-14/h1-8,11H,9-10H2. The van der Waals surface area contributed by atoms with Gasteiger partial charge in [0.05, 0.1) is 29.1 Å². The summed E-state index contributed by atoms with van der Waals surface area (Å²) in [5.74, 6) is -0.0989. The third-order valence-corrected chi connectivity index (χ3v) is 4.93. The zero-order chi connectivity index (χ0) is 16.2. The molecule has 0 saturated carbocycles. The van der Waals surface area contributed by atoms with Gasteiger partial charge in [0.2, 0.25) is 0 Å². The van der Waals surface area contributed by atoms with Gasteiger partial charge < -0.3 is 9.32 Å². The molecule has 0 aliphatic rings. The van der Waals surface area contributed by atoms with Gasteiger partial charge in [0.15, 0.2) is 0 Å². The molecule has 1 aromatic carbocycles. The van der Waals surface area contributed by atoms with Crippen LogP contribution in [0.15, 0.2) is 58.7 Å². The van der Waals surface area contributed by atoms with Gasteiger partial charge in [0.1, 0.15) is 0 Å². The van der Waals surface area contributed by atoms with Crippen LogP contribution in [0.25, 0.3) is 0 Å². The lowest BCUT2D eigenvalue weighted by atomic mass is 10.2. The molecular weight excluding hydrogens is 353 g/mol. The van der Waals surface area contributed by atoms with Gasteiger partial charge in [-0.1, -0.05) is 29.3 Å². The Morgan fingerprint density at radius 2 is 2.00 bits per heavy atom. The Morgan fingerprint density at radius 3 is 2.65 bits per heavy atom. The first kappa shape index (κ1) is 16.1. The fraction of sp³-hybridized carbons (Fsp3) is 0.118. The van der Waals surface area contributed by atoms with Gasteiger partial charge in [-0.3, -0.25) is 4.79 Å². The van der Waals surface area contributed by atoms with E-state index in [4.69, 9.17) is 27.6 Å². The van der Waals surface area contributed by atoms with E-state index in [1.54, 1.807) is 47.0 Å². The van der Waals surface area contributed by atoms with E-state index in [0.717, 1.165) is 10.4 Å². The third-order valence-electron chi connectivity index (χ3n) is 3.33. The van der Waals surface area contributed by atoms with Crippen molar-refractivity contribution >= 4 is 40.4 Å². The highest BCUT2D eigenvalue weighted by Gasteiger charge is 2.18. The first-order valence-corrected chi connectivity index (χ1v) is 8.55. The van der Waals surface area contributed by atoms with Crippen molar-refractivity contribution in [3.8, 4) is 0 Å². The molecule has 0 atom stereocenters. The van der Waals surface area contributed by atoms with E-state index < -0.39 is 0 Å².